The van der Waals surface area contributed by atoms with Crippen LogP contribution in [-0.2, 0) is 20.9 Å². The molecule has 2 amide bonds. The molecule has 29 heavy (non-hydrogen) atoms. The summed E-state index contributed by atoms with van der Waals surface area (Å²) in [4.78, 5) is 37.8. The summed E-state index contributed by atoms with van der Waals surface area (Å²) in [6.07, 6.45) is 1.65. The van der Waals surface area contributed by atoms with E-state index in [1.807, 2.05) is 24.3 Å². The van der Waals surface area contributed by atoms with Crippen molar-refractivity contribution in [3.63, 3.8) is 0 Å². The topological polar surface area (TPSA) is 72.9 Å². The van der Waals surface area contributed by atoms with Crippen LogP contribution in [0.25, 0.3) is 6.08 Å². The highest BCUT2D eigenvalue weighted by Gasteiger charge is 2.35. The number of amides is 2. The minimum Gasteiger partial charge on any atom is -0.481 e. The summed E-state index contributed by atoms with van der Waals surface area (Å²) in [5, 5.41) is -0.311. The highest BCUT2D eigenvalue weighted by Crippen LogP contribution is 2.35. The third kappa shape index (κ3) is 5.29. The van der Waals surface area contributed by atoms with Crippen LogP contribution in [0.2, 0.25) is 0 Å². The van der Waals surface area contributed by atoms with Gasteiger partial charge in [-0.3, -0.25) is 14.5 Å². The van der Waals surface area contributed by atoms with E-state index in [0.717, 1.165) is 21.8 Å². The summed E-state index contributed by atoms with van der Waals surface area (Å²) in [5.41, 5.74) is 1.57. The van der Waals surface area contributed by atoms with Crippen molar-refractivity contribution in [2.24, 2.45) is 0 Å². The molecule has 0 unspecified atom stereocenters. The molecule has 150 valence electrons. The molecule has 2 aromatic carbocycles. The van der Waals surface area contributed by atoms with Crippen molar-refractivity contribution in [3.05, 3.63) is 67.4 Å². The summed E-state index contributed by atoms with van der Waals surface area (Å²) in [5.74, 6) is -0.354. The Balaban J connectivity index is 1.74. The number of esters is 1. The first-order valence-electron chi connectivity index (χ1n) is 8.37. The lowest BCUT2D eigenvalue weighted by atomic mass is 10.2. The predicted octanol–water partition coefficient (Wildman–Crippen LogP) is 5.00. The molecule has 1 aliphatic rings. The van der Waals surface area contributed by atoms with E-state index >= 15 is 0 Å². The van der Waals surface area contributed by atoms with Crippen molar-refractivity contribution in [1.82, 2.24) is 4.90 Å². The monoisotopic (exact) mass is 539 g/mol. The smallest absolute Gasteiger partial charge is 0.343 e. The number of ether oxygens (including phenoxy) is 2. The van der Waals surface area contributed by atoms with Gasteiger partial charge in [0.1, 0.15) is 5.75 Å². The van der Waals surface area contributed by atoms with E-state index < -0.39 is 5.97 Å². The number of benzene rings is 2. The average molecular weight is 541 g/mol. The van der Waals surface area contributed by atoms with Gasteiger partial charge in [-0.05, 0) is 63.1 Å². The van der Waals surface area contributed by atoms with E-state index in [1.54, 1.807) is 24.3 Å². The number of carbonyl (C=O) groups excluding carboxylic acids is 3. The zero-order chi connectivity index (χ0) is 21.0. The third-order valence-electron chi connectivity index (χ3n) is 3.99. The highest BCUT2D eigenvalue weighted by molar-refractivity contribution is 9.10. The maximum absolute atomic E-state index is 12.7. The van der Waals surface area contributed by atoms with Crippen molar-refractivity contribution >= 4 is 66.8 Å². The van der Waals surface area contributed by atoms with E-state index in [2.05, 4.69) is 36.6 Å². The minimum absolute atomic E-state index is 0.202. The molecule has 1 saturated heterocycles. The number of halogens is 2. The largest absolute Gasteiger partial charge is 0.481 e. The van der Waals surface area contributed by atoms with Gasteiger partial charge in [0.25, 0.3) is 11.1 Å². The number of hydrogen-bond donors (Lipinski definition) is 0. The van der Waals surface area contributed by atoms with Gasteiger partial charge in [-0.1, -0.05) is 40.2 Å². The lowest BCUT2D eigenvalue weighted by molar-refractivity contribution is -0.142. The second kappa shape index (κ2) is 9.60. The lowest BCUT2D eigenvalue weighted by Gasteiger charge is -2.13. The molecule has 2 aromatic rings. The molecule has 1 heterocycles. The van der Waals surface area contributed by atoms with Gasteiger partial charge in [-0.2, -0.15) is 0 Å². The van der Waals surface area contributed by atoms with E-state index in [-0.39, 0.29) is 24.3 Å². The number of rotatable bonds is 6. The molecule has 6 nitrogen and oxygen atoms in total. The molecule has 0 spiro atoms. The minimum atomic E-state index is -0.486. The van der Waals surface area contributed by atoms with Crippen LogP contribution in [0.5, 0.6) is 5.75 Å². The zero-order valence-corrected chi connectivity index (χ0v) is 19.2. The summed E-state index contributed by atoms with van der Waals surface area (Å²) in [7, 11) is 1.29. The van der Waals surface area contributed by atoms with Crippen molar-refractivity contribution in [2.45, 2.75) is 6.54 Å². The van der Waals surface area contributed by atoms with Crippen LogP contribution in [0.15, 0.2) is 56.3 Å². The van der Waals surface area contributed by atoms with Crippen molar-refractivity contribution < 1.29 is 23.9 Å². The molecule has 1 fully saturated rings. The van der Waals surface area contributed by atoms with Gasteiger partial charge >= 0.3 is 5.97 Å². The summed E-state index contributed by atoms with van der Waals surface area (Å²) < 4.78 is 11.4. The maximum atomic E-state index is 12.7. The number of carbonyl (C=O) groups is 3. The molecular formula is C20H15Br2NO5S. The quantitative estimate of drug-likeness (QED) is 0.379. The fourth-order valence-electron chi connectivity index (χ4n) is 2.50. The molecule has 0 N–H and O–H groups in total. The van der Waals surface area contributed by atoms with Gasteiger partial charge in [0, 0.05) is 4.47 Å². The fourth-order valence-corrected chi connectivity index (χ4v) is 4.26. The summed E-state index contributed by atoms with van der Waals surface area (Å²) >= 11 is 7.72. The Morgan fingerprint density at radius 3 is 2.59 bits per heavy atom. The Morgan fingerprint density at radius 2 is 1.90 bits per heavy atom. The molecule has 3 rings (SSSR count). The third-order valence-corrected chi connectivity index (χ3v) is 6.29. The number of methoxy groups -OCH3 is 1. The Hall–Kier alpha value is -2.10. The maximum Gasteiger partial charge on any atom is 0.343 e. The van der Waals surface area contributed by atoms with Gasteiger partial charge in [-0.15, -0.1) is 0 Å². The number of thioether (sulfide) groups is 1. The molecular weight excluding hydrogens is 526 g/mol. The SMILES string of the molecule is COC(=O)COc1ccc(/C=C2/SC(=O)N(Cc3ccccc3Br)C2=O)cc1Br. The Kier molecular flexibility index (Phi) is 7.15. The van der Waals surface area contributed by atoms with E-state index in [9.17, 15) is 14.4 Å². The van der Waals surface area contributed by atoms with Gasteiger partial charge in [0.2, 0.25) is 0 Å². The second-order valence-electron chi connectivity index (χ2n) is 5.91. The van der Waals surface area contributed by atoms with Crippen LogP contribution < -0.4 is 4.74 Å². The van der Waals surface area contributed by atoms with Crippen LogP contribution in [0.3, 0.4) is 0 Å². The molecule has 0 bridgehead atoms. The molecule has 0 saturated carbocycles. The molecule has 0 atom stereocenters. The highest BCUT2D eigenvalue weighted by atomic mass is 79.9. The zero-order valence-electron chi connectivity index (χ0n) is 15.2. The van der Waals surface area contributed by atoms with Gasteiger partial charge in [-0.25, -0.2) is 4.79 Å². The number of nitrogens with zero attached hydrogens (tertiary/aromatic N) is 1. The van der Waals surface area contributed by atoms with Crippen LogP contribution in [0, 0.1) is 0 Å². The Morgan fingerprint density at radius 1 is 1.14 bits per heavy atom. The van der Waals surface area contributed by atoms with Crippen LogP contribution in [0.4, 0.5) is 4.79 Å². The van der Waals surface area contributed by atoms with Gasteiger partial charge in [0.15, 0.2) is 6.61 Å². The van der Waals surface area contributed by atoms with Gasteiger partial charge < -0.3 is 9.47 Å². The van der Waals surface area contributed by atoms with Crippen LogP contribution in [-0.4, -0.2) is 35.7 Å². The summed E-state index contributed by atoms with van der Waals surface area (Å²) in [6, 6.07) is 12.6. The molecule has 0 radical (unpaired) electrons. The van der Waals surface area contributed by atoms with Crippen LogP contribution >= 0.6 is 43.6 Å². The Labute approximate surface area is 188 Å². The first-order valence-corrected chi connectivity index (χ1v) is 10.8. The first-order chi connectivity index (χ1) is 13.9. The standard InChI is InChI=1S/C20H15Br2NO5S/c1-27-18(24)11-28-16-7-6-12(8-15(16)22)9-17-19(25)23(20(26)29-17)10-13-4-2-3-5-14(13)21/h2-9H,10-11H2,1H3/b17-9+. The summed E-state index contributed by atoms with van der Waals surface area (Å²) in [6.45, 7) is -0.00416. The van der Waals surface area contributed by atoms with Gasteiger partial charge in [0.05, 0.1) is 23.0 Å². The number of hydrogen-bond acceptors (Lipinski definition) is 6. The molecule has 0 aromatic heterocycles. The average Bonchev–Trinajstić information content (AvgIpc) is 2.96. The van der Waals surface area contributed by atoms with Crippen molar-refractivity contribution in [2.75, 3.05) is 13.7 Å². The lowest BCUT2D eigenvalue weighted by Crippen LogP contribution is -2.27. The van der Waals surface area contributed by atoms with Crippen LogP contribution in [0.1, 0.15) is 11.1 Å². The van der Waals surface area contributed by atoms with E-state index in [0.29, 0.717) is 20.7 Å². The Bertz CT molecular complexity index is 1010. The molecule has 9 heteroatoms. The predicted molar refractivity (Wildman–Crippen MR) is 117 cm³/mol. The van der Waals surface area contributed by atoms with Crippen molar-refractivity contribution in [3.8, 4) is 5.75 Å². The second-order valence-corrected chi connectivity index (χ2v) is 8.62. The molecule has 0 aliphatic carbocycles. The van der Waals surface area contributed by atoms with E-state index in [4.69, 9.17) is 4.74 Å². The fraction of sp³-hybridized carbons (Fsp3) is 0.150. The van der Waals surface area contributed by atoms with E-state index in [1.165, 1.54) is 12.0 Å². The normalized spacial score (nSPS) is 15.1. The number of imide groups is 1. The van der Waals surface area contributed by atoms with Crippen molar-refractivity contribution in [1.29, 1.82) is 0 Å². The first kappa shape index (κ1) is 21.6. The molecule has 1 aliphatic heterocycles.